The van der Waals surface area contributed by atoms with Gasteiger partial charge in [-0.25, -0.2) is 0 Å². The molecule has 1 aromatic rings. The molecule has 2 heterocycles. The van der Waals surface area contributed by atoms with Gasteiger partial charge in [0.1, 0.15) is 18.1 Å². The van der Waals surface area contributed by atoms with Crippen molar-refractivity contribution in [2.45, 2.75) is 45.2 Å². The zero-order valence-corrected chi connectivity index (χ0v) is 13.3. The molecule has 0 radical (unpaired) electrons. The quantitative estimate of drug-likeness (QED) is 0.802. The van der Waals surface area contributed by atoms with Crippen LogP contribution in [0, 0.1) is 11.8 Å². The third kappa shape index (κ3) is 3.70. The van der Waals surface area contributed by atoms with Gasteiger partial charge in [-0.05, 0) is 43.2 Å². The van der Waals surface area contributed by atoms with Gasteiger partial charge in [-0.15, -0.1) is 0 Å². The molecule has 2 N–H and O–H groups in total. The summed E-state index contributed by atoms with van der Waals surface area (Å²) in [4.78, 5) is 13.9. The molecule has 1 aliphatic carbocycles. The summed E-state index contributed by atoms with van der Waals surface area (Å²) in [5.41, 5.74) is 0. The maximum atomic E-state index is 11.5. The predicted octanol–water partition coefficient (Wildman–Crippen LogP) is 1.55. The second kappa shape index (κ2) is 6.84. The van der Waals surface area contributed by atoms with E-state index in [1.54, 1.807) is 0 Å². The Hall–Kier alpha value is -1.33. The second-order valence-corrected chi connectivity index (χ2v) is 6.65. The SMILES string of the molecule is CCCc1ccc(CN2C[C@@H](NC(=O)CO)[C@H](C3CC3)C2)o1. The highest BCUT2D eigenvalue weighted by Gasteiger charge is 2.43. The topological polar surface area (TPSA) is 65.7 Å². The van der Waals surface area contributed by atoms with Crippen LogP contribution in [0.25, 0.3) is 0 Å². The summed E-state index contributed by atoms with van der Waals surface area (Å²) < 4.78 is 5.87. The zero-order chi connectivity index (χ0) is 15.5. The molecule has 2 atom stereocenters. The van der Waals surface area contributed by atoms with Crippen molar-refractivity contribution in [3.8, 4) is 0 Å². The molecular weight excluding hydrogens is 280 g/mol. The summed E-state index contributed by atoms with van der Waals surface area (Å²) in [6.07, 6.45) is 4.62. The maximum absolute atomic E-state index is 11.5. The molecule has 3 rings (SSSR count). The van der Waals surface area contributed by atoms with E-state index in [2.05, 4.69) is 29.3 Å². The largest absolute Gasteiger partial charge is 0.465 e. The van der Waals surface area contributed by atoms with Crippen LogP contribution < -0.4 is 5.32 Å². The monoisotopic (exact) mass is 306 g/mol. The molecule has 5 heteroatoms. The van der Waals surface area contributed by atoms with E-state index in [1.165, 1.54) is 12.8 Å². The smallest absolute Gasteiger partial charge is 0.245 e. The fraction of sp³-hybridized carbons (Fsp3) is 0.706. The van der Waals surface area contributed by atoms with Crippen molar-refractivity contribution in [1.29, 1.82) is 0 Å². The first kappa shape index (κ1) is 15.6. The molecule has 1 amide bonds. The van der Waals surface area contributed by atoms with Gasteiger partial charge in [0.15, 0.2) is 0 Å². The predicted molar refractivity (Wildman–Crippen MR) is 83.2 cm³/mol. The lowest BCUT2D eigenvalue weighted by molar-refractivity contribution is -0.124. The van der Waals surface area contributed by atoms with E-state index in [1.807, 2.05) is 0 Å². The summed E-state index contributed by atoms with van der Waals surface area (Å²) in [7, 11) is 0. The van der Waals surface area contributed by atoms with Gasteiger partial charge < -0.3 is 14.8 Å². The molecule has 1 saturated heterocycles. The van der Waals surface area contributed by atoms with E-state index < -0.39 is 6.61 Å². The number of rotatable bonds is 7. The molecule has 122 valence electrons. The average molecular weight is 306 g/mol. The minimum Gasteiger partial charge on any atom is -0.465 e. The first-order valence-electron chi connectivity index (χ1n) is 8.39. The van der Waals surface area contributed by atoms with Gasteiger partial charge in [-0.1, -0.05) is 6.92 Å². The Balaban J connectivity index is 1.58. The van der Waals surface area contributed by atoms with E-state index in [0.29, 0.717) is 5.92 Å². The molecule has 0 unspecified atom stereocenters. The van der Waals surface area contributed by atoms with Crippen LogP contribution in [0.2, 0.25) is 0 Å². The standard InChI is InChI=1S/C17H26N2O3/c1-2-3-13-6-7-14(22-13)8-19-9-15(12-4-5-12)16(10-19)18-17(21)11-20/h6-7,12,15-16,20H,2-5,8-11H2,1H3,(H,18,21)/t15-,16+/m0/s1. The third-order valence-corrected chi connectivity index (χ3v) is 4.75. The van der Waals surface area contributed by atoms with E-state index >= 15 is 0 Å². The highest BCUT2D eigenvalue weighted by atomic mass is 16.3. The number of furan rings is 1. The molecule has 0 bridgehead atoms. The highest BCUT2D eigenvalue weighted by Crippen LogP contribution is 2.41. The first-order valence-corrected chi connectivity index (χ1v) is 8.39. The molecule has 22 heavy (non-hydrogen) atoms. The van der Waals surface area contributed by atoms with Crippen LogP contribution in [0.5, 0.6) is 0 Å². The normalized spacial score (nSPS) is 25.5. The lowest BCUT2D eigenvalue weighted by Gasteiger charge is -2.18. The first-order chi connectivity index (χ1) is 10.7. The molecule has 2 aliphatic rings. The summed E-state index contributed by atoms with van der Waals surface area (Å²) in [5, 5.41) is 11.9. The molecule has 1 aliphatic heterocycles. The van der Waals surface area contributed by atoms with Crippen molar-refractivity contribution in [2.24, 2.45) is 11.8 Å². The number of aryl methyl sites for hydroxylation is 1. The number of hydrogen-bond acceptors (Lipinski definition) is 4. The fourth-order valence-corrected chi connectivity index (χ4v) is 3.56. The number of amides is 1. The van der Waals surface area contributed by atoms with Gasteiger partial charge in [0.2, 0.25) is 5.91 Å². The Morgan fingerprint density at radius 2 is 2.14 bits per heavy atom. The van der Waals surface area contributed by atoms with E-state index in [-0.39, 0.29) is 11.9 Å². The molecule has 5 nitrogen and oxygen atoms in total. The van der Waals surface area contributed by atoms with Crippen LogP contribution in [0.15, 0.2) is 16.5 Å². The molecule has 2 fully saturated rings. The van der Waals surface area contributed by atoms with Crippen molar-refractivity contribution in [1.82, 2.24) is 10.2 Å². The summed E-state index contributed by atoms with van der Waals surface area (Å²) >= 11 is 0. The zero-order valence-electron chi connectivity index (χ0n) is 13.3. The van der Waals surface area contributed by atoms with Gasteiger partial charge in [0.05, 0.1) is 6.54 Å². The molecular formula is C17H26N2O3. The minimum absolute atomic E-state index is 0.164. The van der Waals surface area contributed by atoms with Crippen LogP contribution in [-0.2, 0) is 17.8 Å². The Kier molecular flexibility index (Phi) is 4.84. The summed E-state index contributed by atoms with van der Waals surface area (Å²) in [6, 6.07) is 4.30. The number of aliphatic hydroxyl groups is 1. The maximum Gasteiger partial charge on any atom is 0.245 e. The van der Waals surface area contributed by atoms with Gasteiger partial charge in [-0.2, -0.15) is 0 Å². The van der Waals surface area contributed by atoms with E-state index in [9.17, 15) is 4.79 Å². The average Bonchev–Trinajstić information content (AvgIpc) is 3.14. The third-order valence-electron chi connectivity index (χ3n) is 4.75. The molecule has 0 spiro atoms. The number of carbonyl (C=O) groups excluding carboxylic acids is 1. The van der Waals surface area contributed by atoms with Crippen LogP contribution in [-0.4, -0.2) is 41.7 Å². The number of hydrogen-bond donors (Lipinski definition) is 2. The number of likely N-dealkylation sites (tertiary alicyclic amines) is 1. The summed E-state index contributed by atoms with van der Waals surface area (Å²) in [6.45, 7) is 4.38. The van der Waals surface area contributed by atoms with Gasteiger partial charge in [0, 0.05) is 25.6 Å². The Bertz CT molecular complexity index is 510. The molecule has 0 aromatic carbocycles. The number of nitrogens with zero attached hydrogens (tertiary/aromatic N) is 1. The lowest BCUT2D eigenvalue weighted by atomic mass is 9.98. The molecule has 1 saturated carbocycles. The highest BCUT2D eigenvalue weighted by molar-refractivity contribution is 5.77. The minimum atomic E-state index is -0.424. The van der Waals surface area contributed by atoms with E-state index in [0.717, 1.165) is 49.9 Å². The van der Waals surface area contributed by atoms with Crippen LogP contribution in [0.1, 0.15) is 37.7 Å². The van der Waals surface area contributed by atoms with Crippen molar-refractivity contribution in [3.05, 3.63) is 23.7 Å². The van der Waals surface area contributed by atoms with Crippen LogP contribution in [0.4, 0.5) is 0 Å². The van der Waals surface area contributed by atoms with Gasteiger partial charge >= 0.3 is 0 Å². The number of carbonyl (C=O) groups is 1. The van der Waals surface area contributed by atoms with Crippen molar-refractivity contribution in [3.63, 3.8) is 0 Å². The lowest BCUT2D eigenvalue weighted by Crippen LogP contribution is -2.42. The molecule has 1 aromatic heterocycles. The van der Waals surface area contributed by atoms with Crippen LogP contribution >= 0.6 is 0 Å². The van der Waals surface area contributed by atoms with Gasteiger partial charge in [0.25, 0.3) is 0 Å². The Morgan fingerprint density at radius 1 is 1.36 bits per heavy atom. The summed E-state index contributed by atoms with van der Waals surface area (Å²) in [5.74, 6) is 3.05. The van der Waals surface area contributed by atoms with Gasteiger partial charge in [-0.3, -0.25) is 9.69 Å². The Morgan fingerprint density at radius 3 is 2.82 bits per heavy atom. The fourth-order valence-electron chi connectivity index (χ4n) is 3.56. The van der Waals surface area contributed by atoms with E-state index in [4.69, 9.17) is 9.52 Å². The van der Waals surface area contributed by atoms with Crippen molar-refractivity contribution in [2.75, 3.05) is 19.7 Å². The number of aliphatic hydroxyl groups excluding tert-OH is 1. The van der Waals surface area contributed by atoms with Crippen LogP contribution in [0.3, 0.4) is 0 Å². The number of nitrogens with one attached hydrogen (secondary N) is 1. The van der Waals surface area contributed by atoms with Crippen molar-refractivity contribution >= 4 is 5.91 Å². The van der Waals surface area contributed by atoms with Crippen molar-refractivity contribution < 1.29 is 14.3 Å². The Labute approximate surface area is 131 Å². The second-order valence-electron chi connectivity index (χ2n) is 6.65.